The average Bonchev–Trinajstić information content (AvgIpc) is 2.90. The highest BCUT2D eigenvalue weighted by Crippen LogP contribution is 2.27. The van der Waals surface area contributed by atoms with Crippen LogP contribution in [0.1, 0.15) is 31.4 Å². The van der Waals surface area contributed by atoms with Crippen molar-refractivity contribution in [2.24, 2.45) is 0 Å². The highest BCUT2D eigenvalue weighted by atomic mass is 35.5. The van der Waals surface area contributed by atoms with Gasteiger partial charge in [0, 0.05) is 23.1 Å². The van der Waals surface area contributed by atoms with Gasteiger partial charge in [-0.15, -0.1) is 0 Å². The normalized spacial score (nSPS) is 12.1. The lowest BCUT2D eigenvalue weighted by molar-refractivity contribution is -0.139. The maximum atomic E-state index is 13.8. The van der Waals surface area contributed by atoms with Crippen LogP contribution in [0.4, 0.5) is 10.1 Å². The van der Waals surface area contributed by atoms with E-state index >= 15 is 0 Å². The molecule has 0 bridgehead atoms. The number of nitrogens with one attached hydrogen (secondary N) is 1. The first-order valence-corrected chi connectivity index (χ1v) is 14.5. The van der Waals surface area contributed by atoms with Gasteiger partial charge in [0.05, 0.1) is 10.6 Å². The number of anilines is 1. The Morgan fingerprint density at radius 1 is 1.00 bits per heavy atom. The van der Waals surface area contributed by atoms with E-state index in [4.69, 9.17) is 23.2 Å². The van der Waals surface area contributed by atoms with Crippen molar-refractivity contribution in [2.75, 3.05) is 17.4 Å². The molecule has 0 spiro atoms. The van der Waals surface area contributed by atoms with Crippen molar-refractivity contribution in [2.45, 2.75) is 44.7 Å². The third-order valence-corrected chi connectivity index (χ3v) is 8.45. The van der Waals surface area contributed by atoms with Crippen LogP contribution in [0.3, 0.4) is 0 Å². The minimum absolute atomic E-state index is 0.0359. The van der Waals surface area contributed by atoms with Gasteiger partial charge in [0.25, 0.3) is 10.0 Å². The molecule has 1 N–H and O–H groups in total. The van der Waals surface area contributed by atoms with E-state index in [1.807, 2.05) is 13.8 Å². The van der Waals surface area contributed by atoms with Crippen LogP contribution in [0, 0.1) is 12.7 Å². The quantitative estimate of drug-likeness (QED) is 0.314. The van der Waals surface area contributed by atoms with Gasteiger partial charge in [-0.05, 0) is 74.4 Å². The topological polar surface area (TPSA) is 86.8 Å². The molecule has 0 aliphatic carbocycles. The highest BCUT2D eigenvalue weighted by molar-refractivity contribution is 7.92. The molecule has 0 radical (unpaired) electrons. The van der Waals surface area contributed by atoms with Crippen molar-refractivity contribution in [3.05, 3.63) is 93.7 Å². The molecule has 0 fully saturated rings. The van der Waals surface area contributed by atoms with Crippen LogP contribution in [-0.4, -0.2) is 44.3 Å². The van der Waals surface area contributed by atoms with Gasteiger partial charge in [0.2, 0.25) is 11.8 Å². The van der Waals surface area contributed by atoms with Crippen LogP contribution in [-0.2, 0) is 26.2 Å². The van der Waals surface area contributed by atoms with E-state index in [-0.39, 0.29) is 17.1 Å². The zero-order valence-electron chi connectivity index (χ0n) is 21.8. The second kappa shape index (κ2) is 13.3. The number of hydrogen-bond acceptors (Lipinski definition) is 4. The van der Waals surface area contributed by atoms with Crippen molar-refractivity contribution in [3.63, 3.8) is 0 Å². The molecule has 0 aliphatic rings. The molecular weight excluding hydrogens is 564 g/mol. The van der Waals surface area contributed by atoms with Crippen LogP contribution in [0.15, 0.2) is 71.6 Å². The van der Waals surface area contributed by atoms with Gasteiger partial charge < -0.3 is 10.2 Å². The van der Waals surface area contributed by atoms with Crippen molar-refractivity contribution in [3.8, 4) is 0 Å². The predicted octanol–water partition coefficient (Wildman–Crippen LogP) is 5.58. The Balaban J connectivity index is 2.03. The number of aryl methyl sites for hydroxylation is 1. The Kier molecular flexibility index (Phi) is 10.4. The summed E-state index contributed by atoms with van der Waals surface area (Å²) in [6, 6.07) is 14.8. The molecule has 0 aromatic heterocycles. The van der Waals surface area contributed by atoms with E-state index in [0.717, 1.165) is 22.0 Å². The summed E-state index contributed by atoms with van der Waals surface area (Å²) >= 11 is 12.4. The van der Waals surface area contributed by atoms with Gasteiger partial charge in [0.1, 0.15) is 18.4 Å². The molecular formula is C28H30Cl2FN3O4S. The Hall–Kier alpha value is -3.14. The number of carbonyl (C=O) groups is 2. The Morgan fingerprint density at radius 2 is 1.64 bits per heavy atom. The van der Waals surface area contributed by atoms with Crippen LogP contribution < -0.4 is 9.62 Å². The minimum atomic E-state index is -4.24. The van der Waals surface area contributed by atoms with E-state index in [1.165, 1.54) is 35.2 Å². The number of sulfonamides is 1. The summed E-state index contributed by atoms with van der Waals surface area (Å²) in [4.78, 5) is 27.9. The Bertz CT molecular complexity index is 1420. The predicted molar refractivity (Wildman–Crippen MR) is 152 cm³/mol. The van der Waals surface area contributed by atoms with E-state index in [9.17, 15) is 22.4 Å². The molecule has 0 aliphatic heterocycles. The number of rotatable bonds is 11. The van der Waals surface area contributed by atoms with Crippen LogP contribution in [0.25, 0.3) is 0 Å². The molecule has 1 atom stereocenters. The number of amides is 2. The summed E-state index contributed by atoms with van der Waals surface area (Å²) in [5.41, 5.74) is 1.48. The number of hydrogen-bond donors (Lipinski definition) is 1. The number of carbonyl (C=O) groups excluding carboxylic acids is 2. The summed E-state index contributed by atoms with van der Waals surface area (Å²) in [5, 5.41) is 3.47. The fourth-order valence-corrected chi connectivity index (χ4v) is 5.67. The van der Waals surface area contributed by atoms with Crippen molar-refractivity contribution < 1.29 is 22.4 Å². The zero-order valence-corrected chi connectivity index (χ0v) is 24.2. The number of halogens is 3. The molecule has 0 saturated heterocycles. The molecule has 3 aromatic rings. The van der Waals surface area contributed by atoms with Crippen molar-refractivity contribution in [1.82, 2.24) is 10.2 Å². The molecule has 0 saturated carbocycles. The molecule has 3 aromatic carbocycles. The lowest BCUT2D eigenvalue weighted by Gasteiger charge is -2.32. The van der Waals surface area contributed by atoms with Crippen LogP contribution >= 0.6 is 23.2 Å². The van der Waals surface area contributed by atoms with Crippen LogP contribution in [0.2, 0.25) is 10.0 Å². The van der Waals surface area contributed by atoms with Gasteiger partial charge in [-0.25, -0.2) is 12.8 Å². The summed E-state index contributed by atoms with van der Waals surface area (Å²) in [5.74, 6) is -1.61. The third-order valence-electron chi connectivity index (χ3n) is 6.07. The SMILES string of the molecule is CCCNC(=O)C(C)N(Cc1ccc(Cl)cc1Cl)C(=O)CN(c1ccc(F)cc1)S(=O)(=O)c1ccc(C)cc1. The summed E-state index contributed by atoms with van der Waals surface area (Å²) in [6.07, 6.45) is 0.697. The molecule has 2 amide bonds. The van der Waals surface area contributed by atoms with E-state index < -0.39 is 40.2 Å². The second-order valence-corrected chi connectivity index (χ2v) is 11.7. The molecule has 0 heterocycles. The molecule has 11 heteroatoms. The highest BCUT2D eigenvalue weighted by Gasteiger charge is 2.32. The lowest BCUT2D eigenvalue weighted by Crippen LogP contribution is -2.51. The lowest BCUT2D eigenvalue weighted by atomic mass is 10.1. The standard InChI is InChI=1S/C28H30Cl2FN3O4S/c1-4-15-32-28(36)20(3)33(17-21-7-8-22(29)16-26(21)30)27(35)18-34(24-11-9-23(31)10-12-24)39(37,38)25-13-5-19(2)6-14-25/h5-14,16,20H,4,15,17-18H2,1-3H3,(H,32,36). The zero-order chi connectivity index (χ0) is 28.7. The second-order valence-electron chi connectivity index (χ2n) is 9.03. The minimum Gasteiger partial charge on any atom is -0.354 e. The van der Waals surface area contributed by atoms with Gasteiger partial charge in [-0.1, -0.05) is 53.9 Å². The molecule has 7 nitrogen and oxygen atoms in total. The van der Waals surface area contributed by atoms with Crippen molar-refractivity contribution in [1.29, 1.82) is 0 Å². The first-order valence-electron chi connectivity index (χ1n) is 12.3. The summed E-state index contributed by atoms with van der Waals surface area (Å²) in [6.45, 7) is 4.98. The van der Waals surface area contributed by atoms with Crippen molar-refractivity contribution >= 4 is 50.7 Å². The average molecular weight is 595 g/mol. The van der Waals surface area contributed by atoms with Crippen LogP contribution in [0.5, 0.6) is 0 Å². The largest absolute Gasteiger partial charge is 0.354 e. The molecule has 3 rings (SSSR count). The monoisotopic (exact) mass is 593 g/mol. The summed E-state index contributed by atoms with van der Waals surface area (Å²) in [7, 11) is -4.24. The summed E-state index contributed by atoms with van der Waals surface area (Å²) < 4.78 is 42.1. The first kappa shape index (κ1) is 30.4. The maximum absolute atomic E-state index is 13.8. The Labute approximate surface area is 238 Å². The fourth-order valence-electron chi connectivity index (χ4n) is 3.79. The van der Waals surface area contributed by atoms with E-state index in [0.29, 0.717) is 28.6 Å². The Morgan fingerprint density at radius 3 is 2.23 bits per heavy atom. The fraction of sp³-hybridized carbons (Fsp3) is 0.286. The number of nitrogens with zero attached hydrogens (tertiary/aromatic N) is 2. The van der Waals surface area contributed by atoms with Gasteiger partial charge in [-0.2, -0.15) is 0 Å². The first-order chi connectivity index (χ1) is 18.4. The third kappa shape index (κ3) is 7.71. The molecule has 1 unspecified atom stereocenters. The van der Waals surface area contributed by atoms with E-state index in [2.05, 4.69) is 5.32 Å². The van der Waals surface area contributed by atoms with Gasteiger partial charge >= 0.3 is 0 Å². The van der Waals surface area contributed by atoms with Gasteiger partial charge in [0.15, 0.2) is 0 Å². The molecule has 39 heavy (non-hydrogen) atoms. The van der Waals surface area contributed by atoms with Gasteiger partial charge in [-0.3, -0.25) is 13.9 Å². The van der Waals surface area contributed by atoms with E-state index in [1.54, 1.807) is 31.2 Å². The number of benzene rings is 3. The smallest absolute Gasteiger partial charge is 0.264 e. The maximum Gasteiger partial charge on any atom is 0.264 e. The molecule has 208 valence electrons.